The van der Waals surface area contributed by atoms with Crippen molar-refractivity contribution in [3.63, 3.8) is 0 Å². The van der Waals surface area contributed by atoms with Crippen LogP contribution in [-0.2, 0) is 14.8 Å². The van der Waals surface area contributed by atoms with Crippen LogP contribution in [0.2, 0.25) is 5.02 Å². The van der Waals surface area contributed by atoms with Crippen LogP contribution in [0.15, 0.2) is 47.4 Å². The van der Waals surface area contributed by atoms with Gasteiger partial charge in [-0.05, 0) is 37.3 Å². The number of benzene rings is 2. The Hall–Kier alpha value is -2.42. The molecule has 0 aliphatic carbocycles. The van der Waals surface area contributed by atoms with Crippen molar-refractivity contribution < 1.29 is 18.0 Å². The summed E-state index contributed by atoms with van der Waals surface area (Å²) in [5.41, 5.74) is 1.10. The minimum absolute atomic E-state index is 0.0322. The lowest BCUT2D eigenvalue weighted by Gasteiger charge is -2.28. The summed E-state index contributed by atoms with van der Waals surface area (Å²) in [4.78, 5) is 27.0. The number of sulfonamides is 1. The minimum atomic E-state index is -3.73. The van der Waals surface area contributed by atoms with Gasteiger partial charge in [0.15, 0.2) is 0 Å². The lowest BCUT2D eigenvalue weighted by atomic mass is 10.1. The second-order valence-electron chi connectivity index (χ2n) is 6.72. The average molecular weight is 422 g/mol. The Morgan fingerprint density at radius 1 is 1.21 bits per heavy atom. The van der Waals surface area contributed by atoms with Crippen molar-refractivity contribution in [3.8, 4) is 0 Å². The summed E-state index contributed by atoms with van der Waals surface area (Å²) in [5.74, 6) is -0.678. The van der Waals surface area contributed by atoms with Crippen LogP contribution in [0, 0.1) is 0 Å². The SMILES string of the molecule is C[C@H]1CC(=O)Nc2ccccc2N1C(=O)c1cc(S(=O)(=O)N(C)C)ccc1Cl. The van der Waals surface area contributed by atoms with Gasteiger partial charge in [0, 0.05) is 26.6 Å². The van der Waals surface area contributed by atoms with Gasteiger partial charge in [0.1, 0.15) is 0 Å². The number of fused-ring (bicyclic) bond motifs is 1. The molecule has 148 valence electrons. The first-order valence-corrected chi connectivity index (χ1v) is 10.4. The maximum absolute atomic E-state index is 13.4. The van der Waals surface area contributed by atoms with Crippen LogP contribution < -0.4 is 10.2 Å². The smallest absolute Gasteiger partial charge is 0.260 e. The molecule has 0 bridgehead atoms. The molecule has 7 nitrogen and oxygen atoms in total. The van der Waals surface area contributed by atoms with Crippen LogP contribution in [0.1, 0.15) is 23.7 Å². The van der Waals surface area contributed by atoms with Crippen LogP contribution in [-0.4, -0.2) is 44.7 Å². The van der Waals surface area contributed by atoms with Crippen LogP contribution in [0.25, 0.3) is 0 Å². The van der Waals surface area contributed by atoms with Crippen molar-refractivity contribution >= 4 is 44.8 Å². The van der Waals surface area contributed by atoms with E-state index >= 15 is 0 Å². The summed E-state index contributed by atoms with van der Waals surface area (Å²) in [6, 6.07) is 10.5. The van der Waals surface area contributed by atoms with Crippen LogP contribution in [0.4, 0.5) is 11.4 Å². The average Bonchev–Trinajstić information content (AvgIpc) is 2.75. The summed E-state index contributed by atoms with van der Waals surface area (Å²) in [7, 11) is -0.908. The molecule has 0 saturated heterocycles. The number of halogens is 1. The highest BCUT2D eigenvalue weighted by Crippen LogP contribution is 2.34. The highest BCUT2D eigenvalue weighted by molar-refractivity contribution is 7.89. The molecule has 1 N–H and O–H groups in total. The predicted molar refractivity (Wildman–Crippen MR) is 108 cm³/mol. The number of hydrogen-bond donors (Lipinski definition) is 1. The van der Waals surface area contributed by atoms with E-state index in [1.807, 2.05) is 0 Å². The van der Waals surface area contributed by atoms with E-state index in [1.54, 1.807) is 31.2 Å². The van der Waals surface area contributed by atoms with Crippen molar-refractivity contribution in [3.05, 3.63) is 53.1 Å². The number of amides is 2. The summed E-state index contributed by atoms with van der Waals surface area (Å²) in [6.07, 6.45) is 0.105. The fraction of sp³-hybridized carbons (Fsp3) is 0.263. The Kier molecular flexibility index (Phi) is 5.47. The predicted octanol–water partition coefficient (Wildman–Crippen LogP) is 2.97. The third-order valence-corrected chi connectivity index (χ3v) is 6.67. The standard InChI is InChI=1S/C19H20ClN3O4S/c1-12-10-18(24)21-16-6-4-5-7-17(16)23(12)19(25)14-11-13(8-9-15(14)20)28(26,27)22(2)3/h4-9,11-12H,10H2,1-3H3,(H,21,24)/t12-/m0/s1. The van der Waals surface area contributed by atoms with Crippen molar-refractivity contribution in [2.45, 2.75) is 24.3 Å². The Morgan fingerprint density at radius 2 is 1.89 bits per heavy atom. The maximum Gasteiger partial charge on any atom is 0.260 e. The molecule has 1 aliphatic heterocycles. The molecule has 0 fully saturated rings. The zero-order chi connectivity index (χ0) is 20.6. The highest BCUT2D eigenvalue weighted by atomic mass is 35.5. The van der Waals surface area contributed by atoms with Crippen LogP contribution in [0.5, 0.6) is 0 Å². The quantitative estimate of drug-likeness (QED) is 0.825. The van der Waals surface area contributed by atoms with E-state index in [4.69, 9.17) is 11.6 Å². The summed E-state index contributed by atoms with van der Waals surface area (Å²) >= 11 is 6.25. The molecule has 0 radical (unpaired) electrons. The molecular weight excluding hydrogens is 402 g/mol. The van der Waals surface area contributed by atoms with Crippen LogP contribution >= 0.6 is 11.6 Å². The van der Waals surface area contributed by atoms with Gasteiger partial charge in [0.2, 0.25) is 15.9 Å². The Balaban J connectivity index is 2.13. The number of nitrogens with zero attached hydrogens (tertiary/aromatic N) is 2. The first-order chi connectivity index (χ1) is 13.1. The Bertz CT molecular complexity index is 1050. The minimum Gasteiger partial charge on any atom is -0.324 e. The molecule has 0 aromatic heterocycles. The van der Waals surface area contributed by atoms with Gasteiger partial charge in [-0.3, -0.25) is 9.59 Å². The molecule has 0 spiro atoms. The van der Waals surface area contributed by atoms with Crippen molar-refractivity contribution in [1.29, 1.82) is 0 Å². The number of para-hydroxylation sites is 2. The molecule has 2 aromatic carbocycles. The van der Waals surface area contributed by atoms with Crippen molar-refractivity contribution in [1.82, 2.24) is 4.31 Å². The Labute approximate surface area is 168 Å². The van der Waals surface area contributed by atoms with Gasteiger partial charge in [-0.1, -0.05) is 23.7 Å². The summed E-state index contributed by atoms with van der Waals surface area (Å²) in [5, 5.41) is 2.92. The molecule has 28 heavy (non-hydrogen) atoms. The van der Waals surface area contributed by atoms with Crippen molar-refractivity contribution in [2.75, 3.05) is 24.3 Å². The largest absolute Gasteiger partial charge is 0.324 e. The second-order valence-corrected chi connectivity index (χ2v) is 9.28. The molecule has 2 aromatic rings. The van der Waals surface area contributed by atoms with E-state index in [1.165, 1.54) is 37.2 Å². The molecule has 0 saturated carbocycles. The lowest BCUT2D eigenvalue weighted by Crippen LogP contribution is -2.39. The van der Waals surface area contributed by atoms with Crippen molar-refractivity contribution in [2.24, 2.45) is 0 Å². The molecule has 0 unspecified atom stereocenters. The van der Waals surface area contributed by atoms with Gasteiger partial charge >= 0.3 is 0 Å². The van der Waals surface area contributed by atoms with Gasteiger partial charge in [-0.25, -0.2) is 12.7 Å². The lowest BCUT2D eigenvalue weighted by molar-refractivity contribution is -0.116. The molecule has 1 aliphatic rings. The van der Waals surface area contributed by atoms with E-state index in [-0.39, 0.29) is 27.8 Å². The van der Waals surface area contributed by atoms with Gasteiger partial charge in [-0.2, -0.15) is 0 Å². The molecule has 2 amide bonds. The second kappa shape index (κ2) is 7.54. The zero-order valence-electron chi connectivity index (χ0n) is 15.6. The van der Waals surface area contributed by atoms with Gasteiger partial charge in [0.25, 0.3) is 5.91 Å². The molecule has 9 heteroatoms. The van der Waals surface area contributed by atoms with Gasteiger partial charge in [0.05, 0.1) is 26.9 Å². The number of carbonyl (C=O) groups is 2. The first-order valence-electron chi connectivity index (χ1n) is 8.57. The monoisotopic (exact) mass is 421 g/mol. The van der Waals surface area contributed by atoms with E-state index < -0.39 is 22.0 Å². The van der Waals surface area contributed by atoms with Gasteiger partial charge < -0.3 is 10.2 Å². The fourth-order valence-corrected chi connectivity index (χ4v) is 4.19. The Morgan fingerprint density at radius 3 is 2.57 bits per heavy atom. The summed E-state index contributed by atoms with van der Waals surface area (Å²) in [6.45, 7) is 1.76. The number of nitrogens with one attached hydrogen (secondary N) is 1. The summed E-state index contributed by atoms with van der Waals surface area (Å²) < 4.78 is 26.0. The maximum atomic E-state index is 13.4. The van der Waals surface area contributed by atoms with E-state index in [2.05, 4.69) is 5.32 Å². The fourth-order valence-electron chi connectivity index (χ4n) is 3.07. The topological polar surface area (TPSA) is 86.8 Å². The molecule has 1 atom stereocenters. The molecular formula is C19H20ClN3O4S. The normalized spacial score (nSPS) is 17.1. The van der Waals surface area contributed by atoms with Gasteiger partial charge in [-0.15, -0.1) is 0 Å². The zero-order valence-corrected chi connectivity index (χ0v) is 17.2. The number of hydrogen-bond acceptors (Lipinski definition) is 4. The van der Waals surface area contributed by atoms with Crippen LogP contribution in [0.3, 0.4) is 0 Å². The van der Waals surface area contributed by atoms with E-state index in [9.17, 15) is 18.0 Å². The highest BCUT2D eigenvalue weighted by Gasteiger charge is 2.32. The number of anilines is 2. The third kappa shape index (κ3) is 3.63. The third-order valence-electron chi connectivity index (χ3n) is 4.52. The first kappa shape index (κ1) is 20.3. The number of rotatable bonds is 3. The van der Waals surface area contributed by atoms with E-state index in [0.717, 1.165) is 4.31 Å². The number of carbonyl (C=O) groups excluding carboxylic acids is 2. The molecule has 1 heterocycles. The van der Waals surface area contributed by atoms with E-state index in [0.29, 0.717) is 11.4 Å². The molecule has 3 rings (SSSR count).